The maximum Gasteiger partial charge on any atom is 0.293 e. The number of carbonyl (C=O) groups excluding carboxylic acids is 3. The van der Waals surface area contributed by atoms with Crippen LogP contribution in [-0.4, -0.2) is 45.0 Å². The maximum absolute atomic E-state index is 12.3. The van der Waals surface area contributed by atoms with Gasteiger partial charge in [0.05, 0.1) is 11.1 Å². The summed E-state index contributed by atoms with van der Waals surface area (Å²) in [6.45, 7) is 0.262. The van der Waals surface area contributed by atoms with Crippen molar-refractivity contribution in [2.24, 2.45) is 0 Å². The molecule has 0 spiro atoms. The summed E-state index contributed by atoms with van der Waals surface area (Å²) in [5, 5.41) is 4.18. The molecule has 3 amide bonds. The lowest BCUT2D eigenvalue weighted by atomic mass is 10.3. The van der Waals surface area contributed by atoms with Gasteiger partial charge >= 0.3 is 0 Å². The number of imide groups is 1. The average Bonchev–Trinajstić information content (AvgIpc) is 3.19. The molecule has 0 aliphatic carbocycles. The number of thioether (sulfide) groups is 1. The van der Waals surface area contributed by atoms with Crippen molar-refractivity contribution in [2.75, 3.05) is 13.1 Å². The SMILES string of the molecule is O=C(NCCN1C(=O)S/C(=C\c2cccs2)C1=O)c1cnccn1. The zero-order valence-corrected chi connectivity index (χ0v) is 14.0. The predicted molar refractivity (Wildman–Crippen MR) is 91.4 cm³/mol. The van der Waals surface area contributed by atoms with Crippen LogP contribution in [0.15, 0.2) is 41.0 Å². The van der Waals surface area contributed by atoms with Crippen LogP contribution in [0.4, 0.5) is 4.79 Å². The molecule has 3 rings (SSSR count). The molecule has 1 fully saturated rings. The largest absolute Gasteiger partial charge is 0.349 e. The Morgan fingerprint density at radius 1 is 1.33 bits per heavy atom. The summed E-state index contributed by atoms with van der Waals surface area (Å²) in [5.41, 5.74) is 0.184. The third-order valence-corrected chi connectivity index (χ3v) is 4.83. The lowest BCUT2D eigenvalue weighted by molar-refractivity contribution is -0.122. The van der Waals surface area contributed by atoms with Gasteiger partial charge in [-0.2, -0.15) is 0 Å². The lowest BCUT2D eigenvalue weighted by Crippen LogP contribution is -2.37. The van der Waals surface area contributed by atoms with Crippen LogP contribution in [0, 0.1) is 0 Å². The van der Waals surface area contributed by atoms with Crippen LogP contribution in [-0.2, 0) is 4.79 Å². The fourth-order valence-corrected chi connectivity index (χ4v) is 3.57. The molecule has 9 heteroatoms. The molecule has 0 unspecified atom stereocenters. The number of hydrogen-bond donors (Lipinski definition) is 1. The summed E-state index contributed by atoms with van der Waals surface area (Å²) in [6, 6.07) is 3.75. The first kappa shape index (κ1) is 16.3. The highest BCUT2D eigenvalue weighted by Gasteiger charge is 2.34. The summed E-state index contributed by atoms with van der Waals surface area (Å²) in [7, 11) is 0. The van der Waals surface area contributed by atoms with Crippen LogP contribution in [0.3, 0.4) is 0 Å². The molecule has 1 aliphatic heterocycles. The van der Waals surface area contributed by atoms with Gasteiger partial charge in [0.15, 0.2) is 0 Å². The molecule has 2 aromatic rings. The molecule has 0 saturated carbocycles. The van der Waals surface area contributed by atoms with Gasteiger partial charge < -0.3 is 5.32 Å². The second-order valence-electron chi connectivity index (χ2n) is 4.70. The van der Waals surface area contributed by atoms with Crippen LogP contribution in [0.5, 0.6) is 0 Å². The molecule has 2 aromatic heterocycles. The lowest BCUT2D eigenvalue weighted by Gasteiger charge is -2.12. The van der Waals surface area contributed by atoms with Crippen LogP contribution in [0.25, 0.3) is 6.08 Å². The van der Waals surface area contributed by atoms with Gasteiger partial charge in [0.25, 0.3) is 17.1 Å². The highest BCUT2D eigenvalue weighted by Crippen LogP contribution is 2.32. The van der Waals surface area contributed by atoms with E-state index in [0.717, 1.165) is 21.5 Å². The third kappa shape index (κ3) is 3.69. The molecule has 1 aliphatic rings. The van der Waals surface area contributed by atoms with E-state index in [-0.39, 0.29) is 29.9 Å². The molecule has 0 radical (unpaired) electrons. The molecule has 122 valence electrons. The van der Waals surface area contributed by atoms with Crippen molar-refractivity contribution in [1.82, 2.24) is 20.2 Å². The Balaban J connectivity index is 1.57. The highest BCUT2D eigenvalue weighted by molar-refractivity contribution is 8.18. The standard InChI is InChI=1S/C15H12N4O3S2/c20-13(11-9-16-3-4-17-11)18-5-6-19-14(21)12(24-15(19)22)8-10-2-1-7-23-10/h1-4,7-9H,5-6H2,(H,18,20)/b12-8-. The second-order valence-corrected chi connectivity index (χ2v) is 6.67. The summed E-state index contributed by atoms with van der Waals surface area (Å²) < 4.78 is 0. The van der Waals surface area contributed by atoms with Gasteiger partial charge in [-0.05, 0) is 29.3 Å². The number of nitrogens with one attached hydrogen (secondary N) is 1. The number of rotatable bonds is 5. The predicted octanol–water partition coefficient (Wildman–Crippen LogP) is 2.00. The molecule has 1 saturated heterocycles. The zero-order chi connectivity index (χ0) is 16.9. The first-order valence-corrected chi connectivity index (χ1v) is 8.68. The van der Waals surface area contributed by atoms with Crippen LogP contribution in [0.2, 0.25) is 0 Å². The summed E-state index contributed by atoms with van der Waals surface area (Å²) in [6.07, 6.45) is 5.94. The Bertz CT molecular complexity index is 790. The third-order valence-electron chi connectivity index (χ3n) is 3.11. The molecule has 1 N–H and O–H groups in total. The van der Waals surface area contributed by atoms with E-state index in [1.54, 1.807) is 6.08 Å². The van der Waals surface area contributed by atoms with Gasteiger partial charge in [-0.15, -0.1) is 11.3 Å². The van der Waals surface area contributed by atoms with Crippen molar-refractivity contribution in [1.29, 1.82) is 0 Å². The summed E-state index contributed by atoms with van der Waals surface area (Å²) in [5.74, 6) is -0.739. The Morgan fingerprint density at radius 2 is 2.21 bits per heavy atom. The average molecular weight is 360 g/mol. The van der Waals surface area contributed by atoms with E-state index in [4.69, 9.17) is 0 Å². The van der Waals surface area contributed by atoms with E-state index in [9.17, 15) is 14.4 Å². The van der Waals surface area contributed by atoms with E-state index < -0.39 is 5.91 Å². The minimum Gasteiger partial charge on any atom is -0.349 e. The maximum atomic E-state index is 12.3. The fourth-order valence-electron chi connectivity index (χ4n) is 1.98. The van der Waals surface area contributed by atoms with Crippen molar-refractivity contribution in [3.8, 4) is 0 Å². The van der Waals surface area contributed by atoms with Crippen molar-refractivity contribution in [3.05, 3.63) is 51.6 Å². The molecule has 0 atom stereocenters. The van der Waals surface area contributed by atoms with Gasteiger partial charge in [0, 0.05) is 30.4 Å². The van der Waals surface area contributed by atoms with Gasteiger partial charge in [0.1, 0.15) is 5.69 Å². The number of carbonyl (C=O) groups is 3. The normalized spacial score (nSPS) is 16.0. The molecule has 3 heterocycles. The van der Waals surface area contributed by atoms with Gasteiger partial charge in [-0.1, -0.05) is 6.07 Å². The van der Waals surface area contributed by atoms with Gasteiger partial charge in [0.2, 0.25) is 0 Å². The molecule has 24 heavy (non-hydrogen) atoms. The first-order chi connectivity index (χ1) is 11.6. The summed E-state index contributed by atoms with van der Waals surface area (Å²) >= 11 is 2.40. The smallest absolute Gasteiger partial charge is 0.293 e. The van der Waals surface area contributed by atoms with Crippen LogP contribution in [0.1, 0.15) is 15.4 Å². The topological polar surface area (TPSA) is 92.3 Å². The highest BCUT2D eigenvalue weighted by atomic mass is 32.2. The van der Waals surface area contributed by atoms with E-state index in [2.05, 4.69) is 15.3 Å². The monoisotopic (exact) mass is 360 g/mol. The van der Waals surface area contributed by atoms with E-state index >= 15 is 0 Å². The zero-order valence-electron chi connectivity index (χ0n) is 12.3. The number of hydrogen-bond acceptors (Lipinski definition) is 7. The number of amides is 3. The molecular weight excluding hydrogens is 348 g/mol. The number of nitrogens with zero attached hydrogens (tertiary/aromatic N) is 3. The van der Waals surface area contributed by atoms with E-state index in [0.29, 0.717) is 4.91 Å². The number of aromatic nitrogens is 2. The first-order valence-electron chi connectivity index (χ1n) is 6.98. The fraction of sp³-hybridized carbons (Fsp3) is 0.133. The molecule has 0 bridgehead atoms. The molecule has 0 aromatic carbocycles. The Hall–Kier alpha value is -2.52. The van der Waals surface area contributed by atoms with Crippen LogP contribution >= 0.6 is 23.1 Å². The second kappa shape index (κ2) is 7.37. The molecule has 7 nitrogen and oxygen atoms in total. The van der Waals surface area contributed by atoms with Gasteiger partial charge in [-0.25, -0.2) is 4.98 Å². The summed E-state index contributed by atoms with van der Waals surface area (Å²) in [4.78, 5) is 46.2. The van der Waals surface area contributed by atoms with Crippen molar-refractivity contribution in [2.45, 2.75) is 0 Å². The van der Waals surface area contributed by atoms with Crippen molar-refractivity contribution < 1.29 is 14.4 Å². The quantitative estimate of drug-likeness (QED) is 0.820. The van der Waals surface area contributed by atoms with Crippen molar-refractivity contribution >= 4 is 46.2 Å². The van der Waals surface area contributed by atoms with E-state index in [1.165, 1.54) is 29.9 Å². The Morgan fingerprint density at radius 3 is 2.92 bits per heavy atom. The van der Waals surface area contributed by atoms with E-state index in [1.807, 2.05) is 17.5 Å². The van der Waals surface area contributed by atoms with Gasteiger partial charge in [-0.3, -0.25) is 24.3 Å². The minimum absolute atomic E-state index is 0.110. The number of thiophene rings is 1. The van der Waals surface area contributed by atoms with Crippen LogP contribution < -0.4 is 5.32 Å². The molecular formula is C15H12N4O3S2. The Kier molecular flexibility index (Phi) is 5.02. The Labute approximate surface area is 145 Å². The van der Waals surface area contributed by atoms with Crippen molar-refractivity contribution in [3.63, 3.8) is 0 Å². The minimum atomic E-state index is -0.399.